The highest BCUT2D eigenvalue weighted by atomic mass is 35.5. The van der Waals surface area contributed by atoms with Crippen molar-refractivity contribution < 1.29 is 18.4 Å². The van der Waals surface area contributed by atoms with E-state index in [4.69, 9.17) is 34.8 Å². The van der Waals surface area contributed by atoms with Crippen molar-refractivity contribution >= 4 is 58.0 Å². The number of alkyl halides is 3. The molecule has 3 aromatic carbocycles. The van der Waals surface area contributed by atoms with E-state index in [1.54, 1.807) is 30.3 Å². The van der Waals surface area contributed by atoms with Crippen LogP contribution in [-0.4, -0.2) is 16.1 Å². The Balaban J connectivity index is 1.47. The maximum Gasteiger partial charge on any atom is 0.257 e. The van der Waals surface area contributed by atoms with Crippen molar-refractivity contribution in [2.75, 3.05) is 10.6 Å². The number of hydrogen-bond acceptors (Lipinski definition) is 2. The van der Waals surface area contributed by atoms with Gasteiger partial charge in [0.05, 0.1) is 16.5 Å². The molecule has 4 rings (SSSR count). The predicted octanol–water partition coefficient (Wildman–Crippen LogP) is 7.29. The van der Waals surface area contributed by atoms with Gasteiger partial charge in [-0.25, -0.2) is 8.78 Å². The van der Waals surface area contributed by atoms with Crippen molar-refractivity contribution in [3.05, 3.63) is 94.3 Å². The third kappa shape index (κ3) is 5.04. The summed E-state index contributed by atoms with van der Waals surface area (Å²) < 4.78 is 25.2. The minimum Gasteiger partial charge on any atom is -0.326 e. The Labute approximate surface area is 210 Å². The lowest BCUT2D eigenvalue weighted by Gasteiger charge is -2.10. The molecular weight excluding hydrogens is 505 g/mol. The van der Waals surface area contributed by atoms with Crippen molar-refractivity contribution in [2.24, 2.45) is 5.92 Å². The van der Waals surface area contributed by atoms with Gasteiger partial charge >= 0.3 is 0 Å². The van der Waals surface area contributed by atoms with E-state index in [2.05, 4.69) is 10.6 Å². The molecule has 176 valence electrons. The van der Waals surface area contributed by atoms with E-state index < -0.39 is 40.0 Å². The van der Waals surface area contributed by atoms with E-state index in [0.717, 1.165) is 5.56 Å². The minimum absolute atomic E-state index is 0.120. The first kappa shape index (κ1) is 24.5. The molecule has 34 heavy (non-hydrogen) atoms. The molecule has 3 aromatic rings. The third-order valence-electron chi connectivity index (χ3n) is 5.67. The smallest absolute Gasteiger partial charge is 0.257 e. The second-order valence-electron chi connectivity index (χ2n) is 8.06. The zero-order chi connectivity index (χ0) is 24.6. The van der Waals surface area contributed by atoms with Gasteiger partial charge in [0.15, 0.2) is 0 Å². The molecule has 0 heterocycles. The summed E-state index contributed by atoms with van der Waals surface area (Å²) in [7, 11) is 0. The maximum absolute atomic E-state index is 13.5. The summed E-state index contributed by atoms with van der Waals surface area (Å²) >= 11 is 19.0. The van der Waals surface area contributed by atoms with Crippen LogP contribution in [0.5, 0.6) is 0 Å². The van der Waals surface area contributed by atoms with Crippen molar-refractivity contribution in [3.63, 3.8) is 0 Å². The number of hydrogen-bond donors (Lipinski definition) is 2. The lowest BCUT2D eigenvalue weighted by molar-refractivity contribution is -0.117. The third-order valence-corrected chi connectivity index (χ3v) is 6.94. The van der Waals surface area contributed by atoms with Gasteiger partial charge in [0.1, 0.15) is 16.3 Å². The van der Waals surface area contributed by atoms with Crippen LogP contribution in [0.1, 0.15) is 40.5 Å². The van der Waals surface area contributed by atoms with Crippen molar-refractivity contribution in [1.82, 2.24) is 0 Å². The van der Waals surface area contributed by atoms with Gasteiger partial charge in [0.2, 0.25) is 5.91 Å². The van der Waals surface area contributed by atoms with Gasteiger partial charge in [-0.2, -0.15) is 0 Å². The molecule has 0 saturated heterocycles. The molecule has 0 spiro atoms. The Kier molecular flexibility index (Phi) is 6.85. The molecule has 1 aliphatic carbocycles. The highest BCUT2D eigenvalue weighted by molar-refractivity contribution is 6.53. The molecule has 4 nitrogen and oxygen atoms in total. The Morgan fingerprint density at radius 1 is 0.941 bits per heavy atom. The predicted molar refractivity (Wildman–Crippen MR) is 131 cm³/mol. The molecule has 3 atom stereocenters. The molecule has 1 aliphatic rings. The van der Waals surface area contributed by atoms with Gasteiger partial charge in [-0.05, 0) is 60.5 Å². The first-order valence-corrected chi connectivity index (χ1v) is 11.5. The topological polar surface area (TPSA) is 58.2 Å². The van der Waals surface area contributed by atoms with Crippen LogP contribution in [0, 0.1) is 11.7 Å². The number of nitrogens with one attached hydrogen (secondary N) is 2. The zero-order valence-corrected chi connectivity index (χ0v) is 20.1. The largest absolute Gasteiger partial charge is 0.326 e. The molecule has 0 aromatic heterocycles. The normalized spacial score (nSPS) is 19.2. The second kappa shape index (κ2) is 9.53. The number of carbonyl (C=O) groups is 2. The molecular formula is C25H19Cl3F2N2O2. The van der Waals surface area contributed by atoms with Crippen LogP contribution in [0.3, 0.4) is 0 Å². The Morgan fingerprint density at radius 2 is 1.56 bits per heavy atom. The van der Waals surface area contributed by atoms with Gasteiger partial charge in [-0.15, -0.1) is 23.2 Å². The molecule has 9 heteroatoms. The van der Waals surface area contributed by atoms with Gasteiger partial charge in [0.25, 0.3) is 5.91 Å². The summed E-state index contributed by atoms with van der Waals surface area (Å²) in [6, 6.07) is 16.4. The van der Waals surface area contributed by atoms with Crippen LogP contribution < -0.4 is 10.6 Å². The van der Waals surface area contributed by atoms with E-state index in [0.29, 0.717) is 16.9 Å². The van der Waals surface area contributed by atoms with E-state index >= 15 is 0 Å². The molecule has 0 aliphatic heterocycles. The van der Waals surface area contributed by atoms with E-state index in [-0.39, 0.29) is 10.6 Å². The monoisotopic (exact) mass is 522 g/mol. The number of anilines is 2. The highest BCUT2D eigenvalue weighted by Gasteiger charge is 2.67. The molecule has 0 bridgehead atoms. The van der Waals surface area contributed by atoms with Crippen LogP contribution >= 0.6 is 34.8 Å². The summed E-state index contributed by atoms with van der Waals surface area (Å²) in [5.41, 5.74) is 2.09. The van der Waals surface area contributed by atoms with E-state index in [1.165, 1.54) is 43.3 Å². The number of benzene rings is 3. The zero-order valence-electron chi connectivity index (χ0n) is 17.8. The molecule has 2 N–H and O–H groups in total. The van der Waals surface area contributed by atoms with Crippen molar-refractivity contribution in [1.29, 1.82) is 0 Å². The first-order valence-electron chi connectivity index (χ1n) is 10.4. The van der Waals surface area contributed by atoms with Gasteiger partial charge < -0.3 is 10.6 Å². The number of rotatable bonds is 6. The summed E-state index contributed by atoms with van der Waals surface area (Å²) in [6.45, 7) is 1.44. The SMILES string of the molecule is CC(F)c1ccc(C2C(C(=O)Nc3ccc(Cl)c(C(=O)Nc4ccc(F)cc4)c3)C2(Cl)Cl)cc1. The van der Waals surface area contributed by atoms with Gasteiger partial charge in [0, 0.05) is 17.3 Å². The van der Waals surface area contributed by atoms with Gasteiger partial charge in [-0.3, -0.25) is 9.59 Å². The fourth-order valence-corrected chi connectivity index (χ4v) is 4.80. The van der Waals surface area contributed by atoms with Crippen molar-refractivity contribution in [2.45, 2.75) is 23.3 Å². The molecule has 1 fully saturated rings. The Hall–Kier alpha value is -2.67. The summed E-state index contributed by atoms with van der Waals surface area (Å²) in [4.78, 5) is 25.6. The lowest BCUT2D eigenvalue weighted by atomic mass is 10.0. The maximum atomic E-state index is 13.5. The fourth-order valence-electron chi connectivity index (χ4n) is 3.76. The highest BCUT2D eigenvalue weighted by Crippen LogP contribution is 2.65. The summed E-state index contributed by atoms with van der Waals surface area (Å²) in [6.07, 6.45) is -1.11. The Morgan fingerprint density at radius 3 is 2.18 bits per heavy atom. The number of halogens is 5. The van der Waals surface area contributed by atoms with E-state index in [9.17, 15) is 18.4 Å². The quantitative estimate of drug-likeness (QED) is 0.333. The lowest BCUT2D eigenvalue weighted by Crippen LogP contribution is -2.18. The molecule has 1 saturated carbocycles. The van der Waals surface area contributed by atoms with Crippen LogP contribution in [0.4, 0.5) is 20.2 Å². The van der Waals surface area contributed by atoms with Gasteiger partial charge in [-0.1, -0.05) is 35.9 Å². The number of amides is 2. The average molecular weight is 524 g/mol. The molecule has 0 radical (unpaired) electrons. The second-order valence-corrected chi connectivity index (χ2v) is 9.91. The Bertz CT molecular complexity index is 1230. The minimum atomic E-state index is -1.32. The fraction of sp³-hybridized carbons (Fsp3) is 0.200. The van der Waals surface area contributed by atoms with Crippen molar-refractivity contribution in [3.8, 4) is 0 Å². The van der Waals surface area contributed by atoms with Crippen LogP contribution in [0.25, 0.3) is 0 Å². The van der Waals surface area contributed by atoms with Crippen LogP contribution in [0.15, 0.2) is 66.7 Å². The first-order chi connectivity index (χ1) is 16.1. The number of carbonyl (C=O) groups excluding carboxylic acids is 2. The summed E-state index contributed by atoms with van der Waals surface area (Å²) in [5.74, 6) is -2.58. The molecule has 2 amide bonds. The average Bonchev–Trinajstić information content (AvgIpc) is 3.38. The van der Waals surface area contributed by atoms with Crippen LogP contribution in [-0.2, 0) is 4.79 Å². The van der Waals surface area contributed by atoms with Crippen LogP contribution in [0.2, 0.25) is 5.02 Å². The molecule has 3 unspecified atom stereocenters. The van der Waals surface area contributed by atoms with E-state index in [1.807, 2.05) is 0 Å². The summed E-state index contributed by atoms with van der Waals surface area (Å²) in [5, 5.41) is 5.53. The standard InChI is InChI=1S/C25H19Cl3F2N2O2/c1-13(29)14-2-4-15(5-3-14)21-22(25(21,27)28)24(34)32-18-10-11-20(26)19(12-18)23(33)31-17-8-6-16(30)7-9-17/h2-13,21-22H,1H3,(H,31,33)(H,32,34).